The molecule has 0 aromatic heterocycles. The molecular weight excluding hydrogens is 244 g/mol. The van der Waals surface area contributed by atoms with Gasteiger partial charge in [-0.3, -0.25) is 9.59 Å². The molecule has 19 heavy (non-hydrogen) atoms. The Morgan fingerprint density at radius 3 is 2.37 bits per heavy atom. The highest BCUT2D eigenvalue weighted by atomic mass is 16.5. The second-order valence-corrected chi connectivity index (χ2v) is 5.87. The molecule has 2 unspecified atom stereocenters. The second-order valence-electron chi connectivity index (χ2n) is 5.87. The van der Waals surface area contributed by atoms with Crippen LogP contribution < -0.4 is 0 Å². The normalized spacial score (nSPS) is 23.2. The molecule has 0 aromatic rings. The predicted octanol–water partition coefficient (Wildman–Crippen LogP) is 3.09. The lowest BCUT2D eigenvalue weighted by molar-refractivity contribution is -0.157. The van der Waals surface area contributed by atoms with Crippen LogP contribution >= 0.6 is 0 Å². The number of carbonyl (C=O) groups excluding carboxylic acids is 2. The van der Waals surface area contributed by atoms with Gasteiger partial charge in [-0.25, -0.2) is 0 Å². The molecule has 0 amide bonds. The van der Waals surface area contributed by atoms with Gasteiger partial charge in [-0.1, -0.05) is 27.2 Å². The number of esters is 2. The zero-order chi connectivity index (χ0) is 14.3. The summed E-state index contributed by atoms with van der Waals surface area (Å²) in [6.07, 6.45) is 4.69. The van der Waals surface area contributed by atoms with Crippen LogP contribution in [0, 0.1) is 11.8 Å². The summed E-state index contributed by atoms with van der Waals surface area (Å²) in [5.41, 5.74) is 0. The molecule has 0 aromatic carbocycles. The van der Waals surface area contributed by atoms with E-state index in [-0.39, 0.29) is 30.9 Å². The van der Waals surface area contributed by atoms with Gasteiger partial charge in [0.15, 0.2) is 0 Å². The first-order valence-electron chi connectivity index (χ1n) is 7.34. The Morgan fingerprint density at radius 2 is 1.74 bits per heavy atom. The first kappa shape index (κ1) is 16.0. The number of hydrogen-bond donors (Lipinski definition) is 0. The molecule has 1 fully saturated rings. The van der Waals surface area contributed by atoms with Crippen molar-refractivity contribution in [2.45, 2.75) is 65.4 Å². The lowest BCUT2D eigenvalue weighted by Gasteiger charge is -2.28. The molecule has 1 rings (SSSR count). The summed E-state index contributed by atoms with van der Waals surface area (Å²) in [7, 11) is 0. The van der Waals surface area contributed by atoms with Crippen molar-refractivity contribution in [1.82, 2.24) is 0 Å². The zero-order valence-corrected chi connectivity index (χ0v) is 12.3. The minimum Gasteiger partial charge on any atom is -0.465 e. The van der Waals surface area contributed by atoms with Crippen LogP contribution in [0.3, 0.4) is 0 Å². The second kappa shape index (κ2) is 8.18. The molecule has 0 spiro atoms. The molecule has 0 heterocycles. The third kappa shape index (κ3) is 6.60. The molecule has 4 heteroatoms. The molecule has 1 aliphatic carbocycles. The van der Waals surface area contributed by atoms with Crippen LogP contribution in [0.5, 0.6) is 0 Å². The van der Waals surface area contributed by atoms with Gasteiger partial charge < -0.3 is 9.47 Å². The van der Waals surface area contributed by atoms with E-state index in [4.69, 9.17) is 9.47 Å². The largest absolute Gasteiger partial charge is 0.465 e. The third-order valence-corrected chi connectivity index (χ3v) is 3.43. The molecule has 1 aliphatic rings. The highest BCUT2D eigenvalue weighted by Crippen LogP contribution is 2.26. The molecule has 110 valence electrons. The quantitative estimate of drug-likeness (QED) is 0.696. The van der Waals surface area contributed by atoms with Crippen molar-refractivity contribution in [3.63, 3.8) is 0 Å². The van der Waals surface area contributed by atoms with Gasteiger partial charge in [0.05, 0.1) is 19.4 Å². The van der Waals surface area contributed by atoms with Gasteiger partial charge in [0, 0.05) is 0 Å². The molecule has 0 saturated heterocycles. The van der Waals surface area contributed by atoms with Crippen LogP contribution in [0.15, 0.2) is 0 Å². The Kier molecular flexibility index (Phi) is 6.89. The fourth-order valence-corrected chi connectivity index (χ4v) is 2.22. The lowest BCUT2D eigenvalue weighted by Crippen LogP contribution is -2.28. The van der Waals surface area contributed by atoms with Crippen LogP contribution in [-0.2, 0) is 19.1 Å². The molecular formula is C15H26O4. The fraction of sp³-hybridized carbons (Fsp3) is 0.867. The smallest absolute Gasteiger partial charge is 0.306 e. The predicted molar refractivity (Wildman–Crippen MR) is 72.5 cm³/mol. The van der Waals surface area contributed by atoms with Crippen molar-refractivity contribution < 1.29 is 19.1 Å². The summed E-state index contributed by atoms with van der Waals surface area (Å²) in [6.45, 7) is 6.49. The first-order chi connectivity index (χ1) is 8.99. The Balaban J connectivity index is 2.18. The van der Waals surface area contributed by atoms with Gasteiger partial charge in [-0.2, -0.15) is 0 Å². The van der Waals surface area contributed by atoms with E-state index in [1.54, 1.807) is 0 Å². The van der Waals surface area contributed by atoms with Crippen LogP contribution in [0.2, 0.25) is 0 Å². The van der Waals surface area contributed by atoms with Crippen LogP contribution in [-0.4, -0.2) is 24.6 Å². The van der Waals surface area contributed by atoms with E-state index in [0.717, 1.165) is 19.3 Å². The molecule has 0 aliphatic heterocycles. The number of hydrogen-bond acceptors (Lipinski definition) is 4. The molecule has 4 nitrogen and oxygen atoms in total. The van der Waals surface area contributed by atoms with Crippen LogP contribution in [0.25, 0.3) is 0 Å². The van der Waals surface area contributed by atoms with Gasteiger partial charge in [0.1, 0.15) is 6.10 Å². The number of ether oxygens (including phenoxy) is 2. The van der Waals surface area contributed by atoms with Crippen molar-refractivity contribution in [3.8, 4) is 0 Å². The van der Waals surface area contributed by atoms with Gasteiger partial charge in [-0.05, 0) is 31.1 Å². The highest BCUT2D eigenvalue weighted by Gasteiger charge is 2.24. The summed E-state index contributed by atoms with van der Waals surface area (Å²) in [4.78, 5) is 23.0. The fourth-order valence-electron chi connectivity index (χ4n) is 2.22. The first-order valence-corrected chi connectivity index (χ1v) is 7.34. The third-order valence-electron chi connectivity index (χ3n) is 3.43. The van der Waals surface area contributed by atoms with E-state index >= 15 is 0 Å². The summed E-state index contributed by atoms with van der Waals surface area (Å²) < 4.78 is 10.5. The van der Waals surface area contributed by atoms with Gasteiger partial charge in [0.25, 0.3) is 0 Å². The van der Waals surface area contributed by atoms with Crippen molar-refractivity contribution in [2.75, 3.05) is 6.61 Å². The van der Waals surface area contributed by atoms with Gasteiger partial charge in [0.2, 0.25) is 0 Å². The van der Waals surface area contributed by atoms with Crippen molar-refractivity contribution in [1.29, 1.82) is 0 Å². The highest BCUT2D eigenvalue weighted by molar-refractivity contribution is 5.77. The molecule has 0 bridgehead atoms. The van der Waals surface area contributed by atoms with E-state index in [9.17, 15) is 9.59 Å². The Labute approximate surface area is 115 Å². The van der Waals surface area contributed by atoms with Crippen molar-refractivity contribution in [3.05, 3.63) is 0 Å². The zero-order valence-electron chi connectivity index (χ0n) is 12.3. The molecule has 2 atom stereocenters. The monoisotopic (exact) mass is 270 g/mol. The van der Waals surface area contributed by atoms with Gasteiger partial charge >= 0.3 is 11.9 Å². The summed E-state index contributed by atoms with van der Waals surface area (Å²) in [5, 5.41) is 0. The Hall–Kier alpha value is -1.06. The average Bonchev–Trinajstić information content (AvgIpc) is 2.36. The maximum Gasteiger partial charge on any atom is 0.306 e. The van der Waals surface area contributed by atoms with Crippen LogP contribution in [0.1, 0.15) is 59.3 Å². The SMILES string of the molecule is CC(C)COC(=O)CCC(=O)OC1CCCCC1C. The topological polar surface area (TPSA) is 52.6 Å². The van der Waals surface area contributed by atoms with E-state index in [2.05, 4.69) is 6.92 Å². The maximum absolute atomic E-state index is 11.7. The van der Waals surface area contributed by atoms with E-state index < -0.39 is 0 Å². The van der Waals surface area contributed by atoms with E-state index in [0.29, 0.717) is 18.4 Å². The minimum atomic E-state index is -0.317. The van der Waals surface area contributed by atoms with Crippen LogP contribution in [0.4, 0.5) is 0 Å². The van der Waals surface area contributed by atoms with E-state index in [1.165, 1.54) is 6.42 Å². The minimum absolute atomic E-state index is 0.0351. The summed E-state index contributed by atoms with van der Waals surface area (Å²) in [6, 6.07) is 0. The van der Waals surface area contributed by atoms with Crippen molar-refractivity contribution in [2.24, 2.45) is 11.8 Å². The van der Waals surface area contributed by atoms with Crippen molar-refractivity contribution >= 4 is 11.9 Å². The summed E-state index contributed by atoms with van der Waals surface area (Å²) >= 11 is 0. The molecule has 0 N–H and O–H groups in total. The standard InChI is InChI=1S/C15H26O4/c1-11(2)10-18-14(16)8-9-15(17)19-13-7-5-4-6-12(13)3/h11-13H,4-10H2,1-3H3. The lowest BCUT2D eigenvalue weighted by atomic mass is 9.88. The van der Waals surface area contributed by atoms with Gasteiger partial charge in [-0.15, -0.1) is 0 Å². The number of carbonyl (C=O) groups is 2. The van der Waals surface area contributed by atoms with E-state index in [1.807, 2.05) is 13.8 Å². The maximum atomic E-state index is 11.7. The average molecular weight is 270 g/mol. The Morgan fingerprint density at radius 1 is 1.11 bits per heavy atom. The molecule has 0 radical (unpaired) electrons. The summed E-state index contributed by atoms with van der Waals surface area (Å²) in [5.74, 6) is 0.159. The molecule has 1 saturated carbocycles. The number of rotatable bonds is 6. The Bertz CT molecular complexity index is 299.